The maximum absolute atomic E-state index is 10.7. The molecule has 5 rings (SSSR count). The number of phosphoric ester groups is 1. The highest BCUT2D eigenvalue weighted by Crippen LogP contribution is 2.58. The predicted molar refractivity (Wildman–Crippen MR) is 141 cm³/mol. The monoisotopic (exact) mass is 565 g/mol. The van der Waals surface area contributed by atoms with Crippen LogP contribution in [-0.4, -0.2) is 48.6 Å². The van der Waals surface area contributed by atoms with Gasteiger partial charge in [0.2, 0.25) is 0 Å². The van der Waals surface area contributed by atoms with Gasteiger partial charge in [-0.05, 0) is 70.5 Å². The quantitative estimate of drug-likeness (QED) is 0.143. The van der Waals surface area contributed by atoms with Crippen molar-refractivity contribution in [1.82, 2.24) is 4.98 Å². The Bertz CT molecular complexity index is 1430. The average molecular weight is 565 g/mol. The maximum atomic E-state index is 10.7. The molecule has 11 nitrogen and oxygen atoms in total. The molecule has 1 heterocycles. The van der Waals surface area contributed by atoms with Crippen LogP contribution in [0.3, 0.4) is 0 Å². The highest BCUT2D eigenvalue weighted by atomic mass is 31.3. The van der Waals surface area contributed by atoms with Crippen LogP contribution < -0.4 is 0 Å². The summed E-state index contributed by atoms with van der Waals surface area (Å²) in [6, 6.07) is 21.9. The van der Waals surface area contributed by atoms with Crippen LogP contribution in [0.4, 0.5) is 0 Å². The molecule has 0 spiro atoms. The third-order valence-corrected chi connectivity index (χ3v) is 7.86. The SMILES string of the molecule is O=C(O)C(CO)OP(=O)(O)OP(=O)(O)O.c1cc[nH]c1.c1ccc2c(c1)ccc1c3c(ccc12)CCCC3. The molecule has 13 heteroatoms. The molecule has 2 atom stereocenters. The van der Waals surface area contributed by atoms with Crippen molar-refractivity contribution in [2.24, 2.45) is 0 Å². The molecule has 1 aliphatic rings. The molecular weight excluding hydrogens is 536 g/mol. The lowest BCUT2D eigenvalue weighted by Crippen LogP contribution is -2.26. The Labute approximate surface area is 218 Å². The zero-order valence-corrected chi connectivity index (χ0v) is 22.0. The zero-order valence-electron chi connectivity index (χ0n) is 20.2. The first-order chi connectivity index (χ1) is 18.0. The molecule has 0 saturated carbocycles. The molecule has 1 aromatic heterocycles. The Morgan fingerprint density at radius 1 is 0.868 bits per heavy atom. The van der Waals surface area contributed by atoms with Gasteiger partial charge >= 0.3 is 21.6 Å². The van der Waals surface area contributed by atoms with Gasteiger partial charge in [-0.1, -0.05) is 48.5 Å². The second-order valence-electron chi connectivity index (χ2n) is 8.33. The molecular formula is C25H29NO10P2. The number of aliphatic carboxylic acids is 1. The van der Waals surface area contributed by atoms with E-state index in [-0.39, 0.29) is 0 Å². The number of carbonyl (C=O) groups is 1. The lowest BCUT2D eigenvalue weighted by atomic mass is 9.86. The fourth-order valence-corrected chi connectivity index (χ4v) is 5.80. The van der Waals surface area contributed by atoms with E-state index >= 15 is 0 Å². The van der Waals surface area contributed by atoms with E-state index in [1.807, 2.05) is 24.5 Å². The number of phosphoric acid groups is 2. The first-order valence-corrected chi connectivity index (χ1v) is 14.6. The number of carboxylic acids is 1. The summed E-state index contributed by atoms with van der Waals surface area (Å²) in [6.07, 6.45) is 6.85. The van der Waals surface area contributed by atoms with Gasteiger partial charge in [0.15, 0.2) is 6.10 Å². The molecule has 3 aromatic carbocycles. The van der Waals surface area contributed by atoms with E-state index in [0.29, 0.717) is 0 Å². The normalized spacial score (nSPS) is 15.3. The van der Waals surface area contributed by atoms with Crippen LogP contribution in [0.25, 0.3) is 21.5 Å². The standard InChI is InChI=1S/C18H16.C4H5N.C3H8O10P2/c1-3-7-15-13(5-1)9-11-18-16-8-4-2-6-14(16)10-12-17(15)18;1-2-4-5-3-1;4-1-2(3(5)6)12-15(10,11)13-14(7,8)9/h1,3,5,7,9-12H,2,4,6,8H2;1-5H;2,4H,1H2,(H,5,6)(H,10,11)(H2,7,8,9). The highest BCUT2D eigenvalue weighted by Gasteiger charge is 2.37. The number of H-pyrrole nitrogens is 1. The lowest BCUT2D eigenvalue weighted by molar-refractivity contribution is -0.147. The number of aliphatic hydroxyl groups excluding tert-OH is 1. The fourth-order valence-electron chi connectivity index (χ4n) is 4.09. The fraction of sp³-hybridized carbons (Fsp3) is 0.240. The number of carboxylic acid groups (broad SMARTS) is 1. The van der Waals surface area contributed by atoms with Gasteiger partial charge in [-0.15, -0.1) is 0 Å². The van der Waals surface area contributed by atoms with Gasteiger partial charge in [0.05, 0.1) is 6.61 Å². The van der Waals surface area contributed by atoms with Gasteiger partial charge in [0.25, 0.3) is 0 Å². The minimum Gasteiger partial charge on any atom is -0.479 e. The van der Waals surface area contributed by atoms with E-state index in [1.54, 1.807) is 11.1 Å². The van der Waals surface area contributed by atoms with E-state index < -0.39 is 34.3 Å². The summed E-state index contributed by atoms with van der Waals surface area (Å²) in [5.41, 5.74) is 3.17. The van der Waals surface area contributed by atoms with Crippen molar-refractivity contribution < 1.29 is 47.7 Å². The van der Waals surface area contributed by atoms with Crippen LogP contribution in [0, 0.1) is 0 Å². The summed E-state index contributed by atoms with van der Waals surface area (Å²) < 4.78 is 27.9. The van der Waals surface area contributed by atoms with Crippen molar-refractivity contribution in [1.29, 1.82) is 0 Å². The van der Waals surface area contributed by atoms with Crippen molar-refractivity contribution in [3.8, 4) is 0 Å². The number of benzene rings is 3. The number of hydrogen-bond acceptors (Lipinski definition) is 6. The van der Waals surface area contributed by atoms with E-state index in [9.17, 15) is 13.9 Å². The number of aliphatic hydroxyl groups is 1. The first-order valence-electron chi connectivity index (χ1n) is 11.6. The second-order valence-corrected chi connectivity index (χ2v) is 11.1. The minimum atomic E-state index is -5.30. The second kappa shape index (κ2) is 13.3. The van der Waals surface area contributed by atoms with E-state index in [0.717, 1.165) is 0 Å². The minimum absolute atomic E-state index is 1.16. The Kier molecular flexibility index (Phi) is 10.4. The number of nitrogens with one attached hydrogen (secondary N) is 1. The summed E-state index contributed by atoms with van der Waals surface area (Å²) >= 11 is 0. The van der Waals surface area contributed by atoms with Gasteiger partial charge < -0.3 is 29.9 Å². The van der Waals surface area contributed by atoms with Crippen LogP contribution in [-0.2, 0) is 35.6 Å². The molecule has 1 aliphatic carbocycles. The number of aryl methyl sites for hydroxylation is 2. The number of aromatic amines is 1. The largest absolute Gasteiger partial charge is 0.482 e. The summed E-state index contributed by atoms with van der Waals surface area (Å²) in [5.74, 6) is -1.79. The third kappa shape index (κ3) is 8.59. The summed E-state index contributed by atoms with van der Waals surface area (Å²) in [7, 11) is -10.5. The molecule has 0 aliphatic heterocycles. The zero-order chi connectivity index (χ0) is 27.8. The van der Waals surface area contributed by atoms with Gasteiger partial charge in [0.1, 0.15) is 0 Å². The van der Waals surface area contributed by atoms with E-state index in [4.69, 9.17) is 24.9 Å². The number of aromatic nitrogens is 1. The topological polar surface area (TPSA) is 187 Å². The highest BCUT2D eigenvalue weighted by molar-refractivity contribution is 7.60. The number of rotatable bonds is 6. The van der Waals surface area contributed by atoms with Gasteiger partial charge in [-0.2, -0.15) is 4.31 Å². The predicted octanol–water partition coefficient (Wildman–Crippen LogP) is 4.54. The van der Waals surface area contributed by atoms with Gasteiger partial charge in [-0.3, -0.25) is 4.52 Å². The maximum Gasteiger partial charge on any atom is 0.482 e. The Balaban J connectivity index is 0.000000181. The van der Waals surface area contributed by atoms with Crippen LogP contribution in [0.2, 0.25) is 0 Å². The van der Waals surface area contributed by atoms with E-state index in [2.05, 4.69) is 62.3 Å². The average Bonchev–Trinajstić information content (AvgIpc) is 3.46. The Hall–Kier alpha value is -2.85. The molecule has 204 valence electrons. The molecule has 6 N–H and O–H groups in total. The number of fused-ring (bicyclic) bond motifs is 5. The van der Waals surface area contributed by atoms with Crippen molar-refractivity contribution in [3.63, 3.8) is 0 Å². The number of hydrogen-bond donors (Lipinski definition) is 6. The Morgan fingerprint density at radius 2 is 1.53 bits per heavy atom. The smallest absolute Gasteiger partial charge is 0.479 e. The molecule has 38 heavy (non-hydrogen) atoms. The van der Waals surface area contributed by atoms with Crippen molar-refractivity contribution in [2.45, 2.75) is 31.8 Å². The van der Waals surface area contributed by atoms with Crippen molar-refractivity contribution in [3.05, 3.63) is 84.2 Å². The van der Waals surface area contributed by atoms with Crippen LogP contribution in [0.15, 0.2) is 73.1 Å². The molecule has 0 fully saturated rings. The first kappa shape index (κ1) is 29.7. The molecule has 0 radical (unpaired) electrons. The lowest BCUT2D eigenvalue weighted by Gasteiger charge is -2.18. The van der Waals surface area contributed by atoms with Crippen LogP contribution >= 0.6 is 15.6 Å². The van der Waals surface area contributed by atoms with Crippen LogP contribution in [0.5, 0.6) is 0 Å². The van der Waals surface area contributed by atoms with Crippen molar-refractivity contribution in [2.75, 3.05) is 6.61 Å². The molecule has 2 unspecified atom stereocenters. The third-order valence-electron chi connectivity index (χ3n) is 5.66. The molecule has 0 saturated heterocycles. The summed E-state index contributed by atoms with van der Waals surface area (Å²) in [4.78, 5) is 38.0. The Morgan fingerprint density at radius 3 is 2.13 bits per heavy atom. The van der Waals surface area contributed by atoms with Gasteiger partial charge in [-0.25, -0.2) is 13.9 Å². The van der Waals surface area contributed by atoms with E-state index in [1.165, 1.54) is 47.2 Å². The molecule has 0 bridgehead atoms. The van der Waals surface area contributed by atoms with Gasteiger partial charge in [0, 0.05) is 12.4 Å². The summed E-state index contributed by atoms with van der Waals surface area (Å²) in [5, 5.41) is 22.3. The molecule has 4 aromatic rings. The summed E-state index contributed by atoms with van der Waals surface area (Å²) in [6.45, 7) is -1.16. The van der Waals surface area contributed by atoms with Crippen LogP contribution in [0.1, 0.15) is 24.0 Å². The van der Waals surface area contributed by atoms with Crippen molar-refractivity contribution >= 4 is 43.2 Å². The molecule has 0 amide bonds.